The fraction of sp³-hybridized carbons (Fsp3) is 0.188. The number of pyridine rings is 1. The lowest BCUT2D eigenvalue weighted by atomic mass is 10.1. The molecule has 0 saturated carbocycles. The zero-order valence-electron chi connectivity index (χ0n) is 11.6. The molecule has 2 aromatic heterocycles. The highest BCUT2D eigenvalue weighted by molar-refractivity contribution is 5.70. The Labute approximate surface area is 117 Å². The van der Waals surface area contributed by atoms with Gasteiger partial charge in [-0.1, -0.05) is 17.7 Å². The van der Waals surface area contributed by atoms with Gasteiger partial charge >= 0.3 is 0 Å². The van der Waals surface area contributed by atoms with E-state index in [-0.39, 0.29) is 0 Å². The third-order valence-corrected chi connectivity index (χ3v) is 3.38. The molecule has 0 amide bonds. The Morgan fingerprint density at radius 3 is 2.80 bits per heavy atom. The molecule has 0 bridgehead atoms. The van der Waals surface area contributed by atoms with Gasteiger partial charge in [-0.25, -0.2) is 4.98 Å². The van der Waals surface area contributed by atoms with Gasteiger partial charge in [0.05, 0.1) is 12.8 Å². The van der Waals surface area contributed by atoms with Crippen molar-refractivity contribution in [2.24, 2.45) is 5.73 Å². The van der Waals surface area contributed by atoms with Crippen molar-refractivity contribution in [2.45, 2.75) is 13.5 Å². The van der Waals surface area contributed by atoms with Crippen LogP contribution in [0.25, 0.3) is 16.9 Å². The molecule has 20 heavy (non-hydrogen) atoms. The predicted molar refractivity (Wildman–Crippen MR) is 79.8 cm³/mol. The summed E-state index contributed by atoms with van der Waals surface area (Å²) in [5.74, 6) is 0.832. The highest BCUT2D eigenvalue weighted by atomic mass is 16.5. The molecule has 1 aromatic carbocycles. The molecule has 0 spiro atoms. The quantitative estimate of drug-likeness (QED) is 0.794. The van der Waals surface area contributed by atoms with E-state index in [4.69, 9.17) is 10.5 Å². The number of imidazole rings is 1. The number of methoxy groups -OCH3 is 1. The van der Waals surface area contributed by atoms with E-state index in [0.29, 0.717) is 6.54 Å². The second-order valence-electron chi connectivity index (χ2n) is 4.84. The number of rotatable bonds is 3. The molecule has 4 heteroatoms. The molecule has 0 unspecified atom stereocenters. The van der Waals surface area contributed by atoms with Gasteiger partial charge in [0.25, 0.3) is 0 Å². The zero-order chi connectivity index (χ0) is 14.1. The lowest BCUT2D eigenvalue weighted by molar-refractivity contribution is 0.416. The zero-order valence-corrected chi connectivity index (χ0v) is 11.6. The summed E-state index contributed by atoms with van der Waals surface area (Å²) < 4.78 is 7.43. The SMILES string of the molecule is COc1ccc(C)cc1-c1cn2cc(CN)ccc2n1. The van der Waals surface area contributed by atoms with E-state index >= 15 is 0 Å². The van der Waals surface area contributed by atoms with Crippen LogP contribution in [0, 0.1) is 6.92 Å². The smallest absolute Gasteiger partial charge is 0.137 e. The summed E-state index contributed by atoms with van der Waals surface area (Å²) >= 11 is 0. The molecule has 2 heterocycles. The van der Waals surface area contributed by atoms with Gasteiger partial charge in [-0.15, -0.1) is 0 Å². The molecule has 0 aliphatic heterocycles. The summed E-state index contributed by atoms with van der Waals surface area (Å²) in [7, 11) is 1.68. The van der Waals surface area contributed by atoms with Crippen LogP contribution in [-0.2, 0) is 6.54 Å². The molecule has 4 nitrogen and oxygen atoms in total. The first-order chi connectivity index (χ1) is 9.71. The first kappa shape index (κ1) is 12.7. The van der Waals surface area contributed by atoms with Gasteiger partial charge in [-0.2, -0.15) is 0 Å². The van der Waals surface area contributed by atoms with E-state index in [9.17, 15) is 0 Å². The molecular formula is C16H17N3O. The number of hydrogen-bond donors (Lipinski definition) is 1. The number of aryl methyl sites for hydroxylation is 1. The standard InChI is InChI=1S/C16H17N3O/c1-11-3-5-15(20-2)13(7-11)14-10-19-9-12(8-17)4-6-16(19)18-14/h3-7,9-10H,8,17H2,1-2H3. The molecule has 0 atom stereocenters. The number of fused-ring (bicyclic) bond motifs is 1. The van der Waals surface area contributed by atoms with Crippen molar-refractivity contribution < 1.29 is 4.74 Å². The van der Waals surface area contributed by atoms with Crippen LogP contribution in [0.3, 0.4) is 0 Å². The Kier molecular flexibility index (Phi) is 3.16. The molecule has 0 aliphatic rings. The Hall–Kier alpha value is -2.33. The lowest BCUT2D eigenvalue weighted by Gasteiger charge is -2.06. The Bertz CT molecular complexity index is 762. The third-order valence-electron chi connectivity index (χ3n) is 3.38. The van der Waals surface area contributed by atoms with Gasteiger partial charge in [-0.05, 0) is 30.7 Å². The fourth-order valence-electron chi connectivity index (χ4n) is 2.31. The van der Waals surface area contributed by atoms with E-state index in [1.807, 2.05) is 41.1 Å². The summed E-state index contributed by atoms with van der Waals surface area (Å²) in [5.41, 5.74) is 10.7. The maximum Gasteiger partial charge on any atom is 0.137 e. The molecule has 102 valence electrons. The lowest BCUT2D eigenvalue weighted by Crippen LogP contribution is -1.97. The van der Waals surface area contributed by atoms with Crippen LogP contribution in [0.1, 0.15) is 11.1 Å². The van der Waals surface area contributed by atoms with E-state index in [0.717, 1.165) is 28.2 Å². The van der Waals surface area contributed by atoms with Crippen LogP contribution in [-0.4, -0.2) is 16.5 Å². The second kappa shape index (κ2) is 4.98. The van der Waals surface area contributed by atoms with Crippen LogP contribution in [0.2, 0.25) is 0 Å². The molecular weight excluding hydrogens is 250 g/mol. The number of nitrogens with zero attached hydrogens (tertiary/aromatic N) is 2. The van der Waals surface area contributed by atoms with Crippen molar-refractivity contribution in [1.29, 1.82) is 0 Å². The molecule has 3 aromatic rings. The van der Waals surface area contributed by atoms with Crippen molar-refractivity contribution in [2.75, 3.05) is 7.11 Å². The van der Waals surface area contributed by atoms with Crippen LogP contribution in [0.4, 0.5) is 0 Å². The summed E-state index contributed by atoms with van der Waals surface area (Å²) in [4.78, 5) is 4.65. The van der Waals surface area contributed by atoms with Crippen molar-refractivity contribution in [3.63, 3.8) is 0 Å². The minimum atomic E-state index is 0.525. The molecule has 0 fully saturated rings. The number of hydrogen-bond acceptors (Lipinski definition) is 3. The second-order valence-corrected chi connectivity index (χ2v) is 4.84. The molecule has 2 N–H and O–H groups in total. The van der Waals surface area contributed by atoms with E-state index < -0.39 is 0 Å². The topological polar surface area (TPSA) is 52.5 Å². The van der Waals surface area contributed by atoms with Crippen LogP contribution in [0.15, 0.2) is 42.7 Å². The van der Waals surface area contributed by atoms with Gasteiger partial charge in [0, 0.05) is 24.5 Å². The van der Waals surface area contributed by atoms with Crippen molar-refractivity contribution in [1.82, 2.24) is 9.38 Å². The average molecular weight is 267 g/mol. The highest BCUT2D eigenvalue weighted by Crippen LogP contribution is 2.30. The normalized spacial score (nSPS) is 10.9. The number of ether oxygens (including phenoxy) is 1. The maximum atomic E-state index is 5.67. The van der Waals surface area contributed by atoms with E-state index in [1.165, 1.54) is 5.56 Å². The van der Waals surface area contributed by atoms with Gasteiger partial charge in [0.15, 0.2) is 0 Å². The molecule has 0 radical (unpaired) electrons. The van der Waals surface area contributed by atoms with Crippen LogP contribution in [0.5, 0.6) is 5.75 Å². The minimum absolute atomic E-state index is 0.525. The Balaban J connectivity index is 2.17. The van der Waals surface area contributed by atoms with Gasteiger partial charge < -0.3 is 14.9 Å². The largest absolute Gasteiger partial charge is 0.496 e. The molecule has 0 saturated heterocycles. The minimum Gasteiger partial charge on any atom is -0.496 e. The fourth-order valence-corrected chi connectivity index (χ4v) is 2.31. The van der Waals surface area contributed by atoms with E-state index in [1.54, 1.807) is 7.11 Å². The number of nitrogens with two attached hydrogens (primary N) is 1. The summed E-state index contributed by atoms with van der Waals surface area (Å²) in [6.07, 6.45) is 4.01. The van der Waals surface area contributed by atoms with Crippen LogP contribution >= 0.6 is 0 Å². The average Bonchev–Trinajstić information content (AvgIpc) is 2.89. The first-order valence-corrected chi connectivity index (χ1v) is 6.54. The Morgan fingerprint density at radius 2 is 2.05 bits per heavy atom. The monoisotopic (exact) mass is 267 g/mol. The van der Waals surface area contributed by atoms with E-state index in [2.05, 4.69) is 18.0 Å². The van der Waals surface area contributed by atoms with Crippen LogP contribution < -0.4 is 10.5 Å². The summed E-state index contributed by atoms with van der Waals surface area (Å²) in [6, 6.07) is 10.1. The summed E-state index contributed by atoms with van der Waals surface area (Å²) in [5, 5.41) is 0. The Morgan fingerprint density at radius 1 is 1.20 bits per heavy atom. The first-order valence-electron chi connectivity index (χ1n) is 6.54. The van der Waals surface area contributed by atoms with Gasteiger partial charge in [0.1, 0.15) is 11.4 Å². The van der Waals surface area contributed by atoms with Crippen molar-refractivity contribution in [3.8, 4) is 17.0 Å². The maximum absolute atomic E-state index is 5.67. The van der Waals surface area contributed by atoms with Crippen molar-refractivity contribution in [3.05, 3.63) is 53.9 Å². The van der Waals surface area contributed by atoms with Crippen molar-refractivity contribution >= 4 is 5.65 Å². The predicted octanol–water partition coefficient (Wildman–Crippen LogP) is 2.78. The molecule has 0 aliphatic carbocycles. The van der Waals surface area contributed by atoms with Gasteiger partial charge in [0.2, 0.25) is 0 Å². The highest BCUT2D eigenvalue weighted by Gasteiger charge is 2.10. The number of aromatic nitrogens is 2. The third kappa shape index (κ3) is 2.14. The molecule has 3 rings (SSSR count). The number of benzene rings is 1. The van der Waals surface area contributed by atoms with Gasteiger partial charge in [-0.3, -0.25) is 0 Å². The summed E-state index contributed by atoms with van der Waals surface area (Å²) in [6.45, 7) is 2.59.